The van der Waals surface area contributed by atoms with Crippen LogP contribution in [0.1, 0.15) is 47.5 Å². The minimum atomic E-state index is 0.730. The van der Waals surface area contributed by atoms with Crippen LogP contribution < -0.4 is 0 Å². The number of hydrogen-bond donors (Lipinski definition) is 0. The maximum atomic E-state index is 2.43. The molecule has 66 valence electrons. The van der Waals surface area contributed by atoms with Crippen molar-refractivity contribution in [1.82, 2.24) is 0 Å². The Balaban J connectivity index is 2.58. The summed E-state index contributed by atoms with van der Waals surface area (Å²) in [5.41, 5.74) is 0.730. The molecule has 1 aliphatic rings. The fraction of sp³-hybridized carbons (Fsp3) is 1.00. The summed E-state index contributed by atoms with van der Waals surface area (Å²) in [6, 6.07) is 0. The smallest absolute Gasteiger partial charge is 0.0243 e. The summed E-state index contributed by atoms with van der Waals surface area (Å²) in [5.74, 6) is 2.77. The van der Waals surface area contributed by atoms with Gasteiger partial charge in [-0.3, -0.25) is 0 Å². The van der Waals surface area contributed by atoms with E-state index in [4.69, 9.17) is 0 Å². The summed E-state index contributed by atoms with van der Waals surface area (Å²) in [4.78, 5) is 0. The van der Waals surface area contributed by atoms with E-state index in [1.807, 2.05) is 0 Å². The van der Waals surface area contributed by atoms with E-state index in [0.29, 0.717) is 0 Å². The Hall–Kier alpha value is 0. The third-order valence-corrected chi connectivity index (χ3v) is 4.07. The molecule has 0 heteroatoms. The average Bonchev–Trinajstić information content (AvgIpc) is 2.61. The van der Waals surface area contributed by atoms with Crippen molar-refractivity contribution < 1.29 is 0 Å². The first kappa shape index (κ1) is 9.09. The molecule has 1 aliphatic carbocycles. The zero-order valence-electron chi connectivity index (χ0n) is 8.65. The molecule has 0 aromatic carbocycles. The van der Waals surface area contributed by atoms with Crippen LogP contribution in [-0.4, -0.2) is 0 Å². The normalized spacial score (nSPS) is 39.3. The number of rotatable bonds is 3. The first-order valence-electron chi connectivity index (χ1n) is 5.04. The Morgan fingerprint density at radius 1 is 1.36 bits per heavy atom. The van der Waals surface area contributed by atoms with Crippen LogP contribution in [-0.2, 0) is 0 Å². The third-order valence-electron chi connectivity index (χ3n) is 4.07. The van der Waals surface area contributed by atoms with Crippen molar-refractivity contribution in [3.63, 3.8) is 0 Å². The van der Waals surface area contributed by atoms with Crippen molar-refractivity contribution in [2.24, 2.45) is 23.2 Å². The second-order valence-electron chi connectivity index (χ2n) is 4.72. The van der Waals surface area contributed by atoms with Crippen LogP contribution in [0.25, 0.3) is 0 Å². The van der Waals surface area contributed by atoms with Gasteiger partial charge in [0.1, 0.15) is 0 Å². The molecule has 0 amide bonds. The zero-order valence-corrected chi connectivity index (χ0v) is 8.65. The summed E-state index contributed by atoms with van der Waals surface area (Å²) >= 11 is 0. The van der Waals surface area contributed by atoms with Crippen molar-refractivity contribution in [2.75, 3.05) is 0 Å². The van der Waals surface area contributed by atoms with E-state index in [2.05, 4.69) is 34.6 Å². The highest BCUT2D eigenvalue weighted by Gasteiger charge is 2.53. The molecule has 0 nitrogen and oxygen atoms in total. The molecule has 0 aromatic heterocycles. The first-order valence-corrected chi connectivity index (χ1v) is 5.04. The van der Waals surface area contributed by atoms with Gasteiger partial charge in [0.15, 0.2) is 0 Å². The van der Waals surface area contributed by atoms with Crippen molar-refractivity contribution >= 4 is 0 Å². The fourth-order valence-corrected chi connectivity index (χ4v) is 2.62. The van der Waals surface area contributed by atoms with Gasteiger partial charge in [-0.15, -0.1) is 0 Å². The monoisotopic (exact) mass is 154 g/mol. The third kappa shape index (κ3) is 1.32. The average molecular weight is 154 g/mol. The highest BCUT2D eigenvalue weighted by atomic mass is 14.6. The van der Waals surface area contributed by atoms with Crippen molar-refractivity contribution in [1.29, 1.82) is 0 Å². The van der Waals surface area contributed by atoms with Gasteiger partial charge in [0.05, 0.1) is 0 Å². The van der Waals surface area contributed by atoms with Gasteiger partial charge in [0, 0.05) is 0 Å². The van der Waals surface area contributed by atoms with E-state index in [1.165, 1.54) is 12.8 Å². The van der Waals surface area contributed by atoms with E-state index < -0.39 is 0 Å². The molecule has 0 bridgehead atoms. The molecule has 0 N–H and O–H groups in total. The number of hydrogen-bond acceptors (Lipinski definition) is 0. The van der Waals surface area contributed by atoms with Gasteiger partial charge in [-0.05, 0) is 36.0 Å². The molecule has 1 fully saturated rings. The van der Waals surface area contributed by atoms with Gasteiger partial charge in [-0.25, -0.2) is 0 Å². The predicted octanol–water partition coefficient (Wildman–Crippen LogP) is 3.71. The van der Waals surface area contributed by atoms with Crippen molar-refractivity contribution in [3.05, 3.63) is 0 Å². The molecule has 3 atom stereocenters. The lowest BCUT2D eigenvalue weighted by atomic mass is 9.79. The largest absolute Gasteiger partial charge is 0.0648 e. The van der Waals surface area contributed by atoms with Crippen LogP contribution in [0.2, 0.25) is 0 Å². The SMILES string of the molecule is CCC1(C(C)C(C)C)CC1C. The van der Waals surface area contributed by atoms with E-state index >= 15 is 0 Å². The minimum Gasteiger partial charge on any atom is -0.0648 e. The minimum absolute atomic E-state index is 0.730. The van der Waals surface area contributed by atoms with Gasteiger partial charge in [0.2, 0.25) is 0 Å². The Labute approximate surface area is 71.4 Å². The van der Waals surface area contributed by atoms with Gasteiger partial charge in [0.25, 0.3) is 0 Å². The van der Waals surface area contributed by atoms with Crippen molar-refractivity contribution in [3.8, 4) is 0 Å². The lowest BCUT2D eigenvalue weighted by Crippen LogP contribution is -2.19. The Bertz CT molecular complexity index is 133. The molecular formula is C11H22. The van der Waals surface area contributed by atoms with Crippen LogP contribution in [0.5, 0.6) is 0 Å². The quantitative estimate of drug-likeness (QED) is 0.581. The maximum Gasteiger partial charge on any atom is -0.0243 e. The van der Waals surface area contributed by atoms with Crippen molar-refractivity contribution in [2.45, 2.75) is 47.5 Å². The molecule has 0 aromatic rings. The van der Waals surface area contributed by atoms with E-state index in [-0.39, 0.29) is 0 Å². The van der Waals surface area contributed by atoms with Crippen LogP contribution in [0, 0.1) is 23.2 Å². The van der Waals surface area contributed by atoms with Gasteiger partial charge in [-0.1, -0.05) is 34.6 Å². The maximum absolute atomic E-state index is 2.43. The lowest BCUT2D eigenvalue weighted by Gasteiger charge is -2.26. The summed E-state index contributed by atoms with van der Waals surface area (Å²) in [6.07, 6.45) is 2.86. The summed E-state index contributed by atoms with van der Waals surface area (Å²) in [6.45, 7) is 11.9. The molecule has 1 rings (SSSR count). The second kappa shape index (κ2) is 2.80. The Morgan fingerprint density at radius 3 is 1.91 bits per heavy atom. The molecule has 0 spiro atoms. The van der Waals surface area contributed by atoms with Crippen LogP contribution in [0.15, 0.2) is 0 Å². The molecule has 0 heterocycles. The van der Waals surface area contributed by atoms with Crippen LogP contribution in [0.3, 0.4) is 0 Å². The van der Waals surface area contributed by atoms with E-state index in [0.717, 1.165) is 23.2 Å². The Kier molecular flexibility index (Phi) is 2.32. The molecule has 0 radical (unpaired) electrons. The first-order chi connectivity index (χ1) is 5.04. The lowest BCUT2D eigenvalue weighted by molar-refractivity contribution is 0.228. The van der Waals surface area contributed by atoms with E-state index in [9.17, 15) is 0 Å². The van der Waals surface area contributed by atoms with Gasteiger partial charge < -0.3 is 0 Å². The summed E-state index contributed by atoms with van der Waals surface area (Å²) in [5, 5.41) is 0. The summed E-state index contributed by atoms with van der Waals surface area (Å²) < 4.78 is 0. The second-order valence-corrected chi connectivity index (χ2v) is 4.72. The van der Waals surface area contributed by atoms with Crippen LogP contribution in [0.4, 0.5) is 0 Å². The molecule has 1 saturated carbocycles. The highest BCUT2D eigenvalue weighted by Crippen LogP contribution is 2.61. The summed E-state index contributed by atoms with van der Waals surface area (Å²) in [7, 11) is 0. The fourth-order valence-electron chi connectivity index (χ4n) is 2.62. The van der Waals surface area contributed by atoms with E-state index in [1.54, 1.807) is 0 Å². The Morgan fingerprint density at radius 2 is 1.82 bits per heavy atom. The highest BCUT2D eigenvalue weighted by molar-refractivity contribution is 5.02. The van der Waals surface area contributed by atoms with Gasteiger partial charge in [-0.2, -0.15) is 0 Å². The standard InChI is InChI=1S/C11H22/c1-6-11(7-9(11)4)10(5)8(2)3/h8-10H,6-7H2,1-5H3. The molecular weight excluding hydrogens is 132 g/mol. The molecule has 11 heavy (non-hydrogen) atoms. The zero-order chi connectivity index (χ0) is 8.65. The topological polar surface area (TPSA) is 0 Å². The predicted molar refractivity (Wildman–Crippen MR) is 50.5 cm³/mol. The molecule has 0 saturated heterocycles. The van der Waals surface area contributed by atoms with Crippen LogP contribution >= 0.6 is 0 Å². The molecule has 0 aliphatic heterocycles. The van der Waals surface area contributed by atoms with Gasteiger partial charge >= 0.3 is 0 Å². The molecule has 3 unspecified atom stereocenters.